The Morgan fingerprint density at radius 1 is 0.214 bits per heavy atom. The van der Waals surface area contributed by atoms with E-state index in [1.807, 2.05) is 0 Å². The van der Waals surface area contributed by atoms with Crippen molar-refractivity contribution >= 4 is 43.6 Å². The van der Waals surface area contributed by atoms with E-state index in [2.05, 4.69) is 228 Å². The van der Waals surface area contributed by atoms with Crippen LogP contribution in [0.25, 0.3) is 99.5 Å². The lowest BCUT2D eigenvalue weighted by atomic mass is 9.98. The van der Waals surface area contributed by atoms with Crippen molar-refractivity contribution in [2.75, 3.05) is 0 Å². The molecule has 0 spiro atoms. The predicted octanol–water partition coefficient (Wildman–Crippen LogP) is 14.5. The third-order valence-electron chi connectivity index (χ3n) is 11.4. The fourth-order valence-corrected chi connectivity index (χ4v) is 8.67. The van der Waals surface area contributed by atoms with Crippen LogP contribution in [-0.4, -0.2) is 9.13 Å². The van der Waals surface area contributed by atoms with Gasteiger partial charge in [-0.2, -0.15) is 0 Å². The van der Waals surface area contributed by atoms with Crippen molar-refractivity contribution in [1.82, 2.24) is 9.13 Å². The molecule has 2 aromatic heterocycles. The van der Waals surface area contributed by atoms with E-state index >= 15 is 0 Å². The van der Waals surface area contributed by atoms with Gasteiger partial charge in [-0.25, -0.2) is 0 Å². The van der Waals surface area contributed by atoms with Crippen LogP contribution in [0.1, 0.15) is 0 Å². The first kappa shape index (κ1) is 32.0. The SMILES string of the molecule is c1ccc(-c2ccc(-c3ccc(-c4ccc(-n5c6ccccc6c6c7c8ccccc8n(-c8cccc(-c9ccccc9)c8)c7ccc65)cc4)cc3)cc2)cc1. The standard InChI is InChI=1S/C54H36N2/c1-3-12-37(13-4-1)39-22-24-40(25-23-39)41-26-28-42(29-27-41)43-30-32-45(33-31-43)55-49-20-9-7-18-47(49)53-51(55)34-35-52-54(53)48-19-8-10-21-50(48)56(52)46-17-11-16-44(36-46)38-14-5-2-6-15-38/h1-36H. The highest BCUT2D eigenvalue weighted by molar-refractivity contribution is 6.28. The van der Waals surface area contributed by atoms with E-state index < -0.39 is 0 Å². The minimum Gasteiger partial charge on any atom is -0.309 e. The fourth-order valence-electron chi connectivity index (χ4n) is 8.67. The highest BCUT2D eigenvalue weighted by Gasteiger charge is 2.20. The van der Waals surface area contributed by atoms with E-state index in [9.17, 15) is 0 Å². The number of rotatable bonds is 6. The number of para-hydroxylation sites is 2. The molecule has 2 heterocycles. The van der Waals surface area contributed by atoms with Crippen LogP contribution < -0.4 is 0 Å². The van der Waals surface area contributed by atoms with Gasteiger partial charge in [0.25, 0.3) is 0 Å². The zero-order valence-corrected chi connectivity index (χ0v) is 30.7. The lowest BCUT2D eigenvalue weighted by Crippen LogP contribution is -1.95. The van der Waals surface area contributed by atoms with Gasteiger partial charge in [0.1, 0.15) is 0 Å². The topological polar surface area (TPSA) is 9.86 Å². The lowest BCUT2D eigenvalue weighted by Gasteiger charge is -2.11. The van der Waals surface area contributed by atoms with E-state index in [1.165, 1.54) is 88.1 Å². The highest BCUT2D eigenvalue weighted by Crippen LogP contribution is 2.43. The van der Waals surface area contributed by atoms with Crippen LogP contribution >= 0.6 is 0 Å². The molecule has 0 aliphatic rings. The highest BCUT2D eigenvalue weighted by atomic mass is 15.0. The second kappa shape index (κ2) is 13.2. The third-order valence-corrected chi connectivity index (χ3v) is 11.4. The lowest BCUT2D eigenvalue weighted by molar-refractivity contribution is 1.17. The Morgan fingerprint density at radius 3 is 1.05 bits per heavy atom. The molecule has 0 radical (unpaired) electrons. The number of hydrogen-bond donors (Lipinski definition) is 0. The van der Waals surface area contributed by atoms with Crippen molar-refractivity contribution in [3.63, 3.8) is 0 Å². The molecule has 0 saturated heterocycles. The summed E-state index contributed by atoms with van der Waals surface area (Å²) in [4.78, 5) is 0. The van der Waals surface area contributed by atoms with Crippen molar-refractivity contribution < 1.29 is 0 Å². The van der Waals surface area contributed by atoms with E-state index in [0.717, 1.165) is 11.4 Å². The maximum absolute atomic E-state index is 2.43. The molecule has 0 bridgehead atoms. The van der Waals surface area contributed by atoms with E-state index in [0.29, 0.717) is 0 Å². The van der Waals surface area contributed by atoms with Crippen molar-refractivity contribution in [3.05, 3.63) is 218 Å². The molecule has 9 aromatic carbocycles. The maximum Gasteiger partial charge on any atom is 0.0548 e. The Balaban J connectivity index is 0.989. The van der Waals surface area contributed by atoms with Crippen molar-refractivity contribution in [3.8, 4) is 55.9 Å². The molecule has 0 N–H and O–H groups in total. The molecule has 0 amide bonds. The minimum absolute atomic E-state index is 1.15. The number of hydrogen-bond acceptors (Lipinski definition) is 0. The van der Waals surface area contributed by atoms with Crippen molar-refractivity contribution in [2.24, 2.45) is 0 Å². The van der Waals surface area contributed by atoms with Gasteiger partial charge in [0.2, 0.25) is 0 Å². The molecule has 262 valence electrons. The summed E-state index contributed by atoms with van der Waals surface area (Å²) in [7, 11) is 0. The number of fused-ring (bicyclic) bond motifs is 7. The van der Waals surface area contributed by atoms with Crippen LogP contribution in [0.3, 0.4) is 0 Å². The fraction of sp³-hybridized carbons (Fsp3) is 0. The monoisotopic (exact) mass is 712 g/mol. The quantitative estimate of drug-likeness (QED) is 0.162. The van der Waals surface area contributed by atoms with Crippen molar-refractivity contribution in [1.29, 1.82) is 0 Å². The van der Waals surface area contributed by atoms with Gasteiger partial charge in [0.15, 0.2) is 0 Å². The first-order valence-corrected chi connectivity index (χ1v) is 19.3. The van der Waals surface area contributed by atoms with Gasteiger partial charge in [0, 0.05) is 32.9 Å². The molecule has 0 saturated carbocycles. The summed E-state index contributed by atoms with van der Waals surface area (Å²) in [6.45, 7) is 0. The van der Waals surface area contributed by atoms with Gasteiger partial charge >= 0.3 is 0 Å². The molecule has 56 heavy (non-hydrogen) atoms. The minimum atomic E-state index is 1.15. The largest absolute Gasteiger partial charge is 0.309 e. The molecule has 11 rings (SSSR count). The first-order valence-electron chi connectivity index (χ1n) is 19.3. The molecular formula is C54H36N2. The molecule has 2 heteroatoms. The van der Waals surface area contributed by atoms with Crippen LogP contribution in [0.4, 0.5) is 0 Å². The van der Waals surface area contributed by atoms with Crippen LogP contribution in [-0.2, 0) is 0 Å². The number of benzene rings is 9. The number of nitrogens with zero attached hydrogens (tertiary/aromatic N) is 2. The Labute approximate surface area is 325 Å². The second-order valence-electron chi connectivity index (χ2n) is 14.5. The summed E-state index contributed by atoms with van der Waals surface area (Å²) in [6.07, 6.45) is 0. The summed E-state index contributed by atoms with van der Waals surface area (Å²) in [6, 6.07) is 79.2. The van der Waals surface area contributed by atoms with Gasteiger partial charge in [-0.3, -0.25) is 0 Å². The molecule has 0 unspecified atom stereocenters. The van der Waals surface area contributed by atoms with Crippen LogP contribution in [0.5, 0.6) is 0 Å². The maximum atomic E-state index is 2.43. The van der Waals surface area contributed by atoms with Gasteiger partial charge in [-0.05, 0) is 93.0 Å². The smallest absolute Gasteiger partial charge is 0.0548 e. The third kappa shape index (κ3) is 5.26. The molecular weight excluding hydrogens is 677 g/mol. The van der Waals surface area contributed by atoms with E-state index in [4.69, 9.17) is 0 Å². The molecule has 0 fully saturated rings. The number of aromatic nitrogens is 2. The normalized spacial score (nSPS) is 11.6. The van der Waals surface area contributed by atoms with E-state index in [-0.39, 0.29) is 0 Å². The second-order valence-corrected chi connectivity index (χ2v) is 14.5. The molecule has 2 nitrogen and oxygen atoms in total. The van der Waals surface area contributed by atoms with Gasteiger partial charge in [0.05, 0.1) is 22.1 Å². The van der Waals surface area contributed by atoms with Gasteiger partial charge < -0.3 is 9.13 Å². The summed E-state index contributed by atoms with van der Waals surface area (Å²) >= 11 is 0. The predicted molar refractivity (Wildman–Crippen MR) is 237 cm³/mol. The summed E-state index contributed by atoms with van der Waals surface area (Å²) in [5.41, 5.74) is 16.8. The zero-order valence-electron chi connectivity index (χ0n) is 30.7. The van der Waals surface area contributed by atoms with E-state index in [1.54, 1.807) is 0 Å². The summed E-state index contributed by atoms with van der Waals surface area (Å²) < 4.78 is 4.86. The van der Waals surface area contributed by atoms with Crippen LogP contribution in [0.2, 0.25) is 0 Å². The Hall–Kier alpha value is -7.42. The van der Waals surface area contributed by atoms with Crippen LogP contribution in [0.15, 0.2) is 218 Å². The Bertz CT molecular complexity index is 3190. The molecule has 0 atom stereocenters. The molecule has 0 aliphatic carbocycles. The Kier molecular flexibility index (Phi) is 7.53. The molecule has 11 aromatic rings. The average Bonchev–Trinajstić information content (AvgIpc) is 3.80. The summed E-state index contributed by atoms with van der Waals surface area (Å²) in [5.74, 6) is 0. The van der Waals surface area contributed by atoms with Gasteiger partial charge in [-0.1, -0.05) is 170 Å². The van der Waals surface area contributed by atoms with Crippen LogP contribution in [0, 0.1) is 0 Å². The average molecular weight is 713 g/mol. The van der Waals surface area contributed by atoms with Crippen molar-refractivity contribution in [2.45, 2.75) is 0 Å². The zero-order chi connectivity index (χ0) is 37.0. The molecule has 0 aliphatic heterocycles. The van der Waals surface area contributed by atoms with Gasteiger partial charge in [-0.15, -0.1) is 0 Å². The summed E-state index contributed by atoms with van der Waals surface area (Å²) in [5, 5.41) is 5.07. The first-order chi connectivity index (χ1) is 27.8. The Morgan fingerprint density at radius 2 is 0.571 bits per heavy atom.